The number of carbonyl (C=O) groups is 1. The molecule has 3 nitrogen and oxygen atoms in total. The number of pyridine rings is 1. The first-order chi connectivity index (χ1) is 7.09. The van der Waals surface area contributed by atoms with Crippen molar-refractivity contribution >= 4 is 5.91 Å². The molecule has 0 bridgehead atoms. The molecule has 82 valence electrons. The van der Waals surface area contributed by atoms with Crippen LogP contribution in [0, 0.1) is 12.8 Å². The van der Waals surface area contributed by atoms with Crippen LogP contribution in [0.5, 0.6) is 0 Å². The Morgan fingerprint density at radius 2 is 2.27 bits per heavy atom. The fourth-order valence-electron chi connectivity index (χ4n) is 1.23. The first-order valence-electron chi connectivity index (χ1n) is 5.30. The number of aromatic nitrogens is 1. The molecule has 0 radical (unpaired) electrons. The Morgan fingerprint density at radius 1 is 1.53 bits per heavy atom. The molecule has 1 rings (SSSR count). The summed E-state index contributed by atoms with van der Waals surface area (Å²) in [5.41, 5.74) is 1.55. The second kappa shape index (κ2) is 5.49. The Balaban J connectivity index is 2.47. The quantitative estimate of drug-likeness (QED) is 0.820. The van der Waals surface area contributed by atoms with Crippen molar-refractivity contribution in [3.8, 4) is 0 Å². The van der Waals surface area contributed by atoms with Gasteiger partial charge in [0, 0.05) is 12.7 Å². The first-order valence-corrected chi connectivity index (χ1v) is 5.30. The van der Waals surface area contributed by atoms with Crippen LogP contribution in [0.3, 0.4) is 0 Å². The molecule has 1 aromatic rings. The lowest BCUT2D eigenvalue weighted by molar-refractivity contribution is 0.0947. The highest BCUT2D eigenvalue weighted by atomic mass is 16.1. The largest absolute Gasteiger partial charge is 0.351 e. The predicted octanol–water partition coefficient (Wildman–Crippen LogP) is 2.17. The van der Waals surface area contributed by atoms with Gasteiger partial charge >= 0.3 is 0 Å². The predicted molar refractivity (Wildman–Crippen MR) is 60.8 cm³/mol. The number of rotatable bonds is 4. The number of amides is 1. The molecule has 0 saturated heterocycles. The molecule has 0 aliphatic heterocycles. The van der Waals surface area contributed by atoms with Crippen molar-refractivity contribution in [1.29, 1.82) is 0 Å². The zero-order chi connectivity index (χ0) is 11.3. The molecule has 0 aromatic carbocycles. The van der Waals surface area contributed by atoms with Crippen molar-refractivity contribution in [2.24, 2.45) is 5.92 Å². The first kappa shape index (κ1) is 11.7. The Labute approximate surface area is 90.9 Å². The highest BCUT2D eigenvalue weighted by molar-refractivity contribution is 5.92. The van der Waals surface area contributed by atoms with E-state index in [4.69, 9.17) is 0 Å². The average Bonchev–Trinajstić information content (AvgIpc) is 2.17. The number of hydrogen-bond acceptors (Lipinski definition) is 2. The SMILES string of the molecule is Cc1ccnc(C(=O)NCCC(C)C)c1. The molecule has 3 heteroatoms. The van der Waals surface area contributed by atoms with Crippen molar-refractivity contribution in [3.63, 3.8) is 0 Å². The van der Waals surface area contributed by atoms with Crippen molar-refractivity contribution < 1.29 is 4.79 Å². The number of carbonyl (C=O) groups excluding carboxylic acids is 1. The van der Waals surface area contributed by atoms with Gasteiger partial charge in [-0.05, 0) is 37.0 Å². The fraction of sp³-hybridized carbons (Fsp3) is 0.500. The van der Waals surface area contributed by atoms with Gasteiger partial charge in [-0.25, -0.2) is 0 Å². The number of aryl methyl sites for hydroxylation is 1. The Kier molecular flexibility index (Phi) is 4.28. The van der Waals surface area contributed by atoms with Crippen LogP contribution in [0.4, 0.5) is 0 Å². The van der Waals surface area contributed by atoms with E-state index in [9.17, 15) is 4.79 Å². The molecule has 0 fully saturated rings. The molecule has 1 amide bonds. The van der Waals surface area contributed by atoms with Gasteiger partial charge < -0.3 is 5.32 Å². The average molecular weight is 206 g/mol. The molecule has 0 aliphatic rings. The van der Waals surface area contributed by atoms with E-state index in [1.807, 2.05) is 13.0 Å². The summed E-state index contributed by atoms with van der Waals surface area (Å²) in [6, 6.07) is 3.68. The molecular formula is C12H18N2O. The van der Waals surface area contributed by atoms with E-state index < -0.39 is 0 Å². The summed E-state index contributed by atoms with van der Waals surface area (Å²) in [6.45, 7) is 6.94. The van der Waals surface area contributed by atoms with Gasteiger partial charge in [0.2, 0.25) is 0 Å². The van der Waals surface area contributed by atoms with Crippen LogP contribution < -0.4 is 5.32 Å². The topological polar surface area (TPSA) is 42.0 Å². The lowest BCUT2D eigenvalue weighted by Gasteiger charge is -2.06. The van der Waals surface area contributed by atoms with Crippen LogP contribution >= 0.6 is 0 Å². The summed E-state index contributed by atoms with van der Waals surface area (Å²) in [7, 11) is 0. The Hall–Kier alpha value is -1.38. The van der Waals surface area contributed by atoms with Crippen molar-refractivity contribution in [1.82, 2.24) is 10.3 Å². The van der Waals surface area contributed by atoms with Crippen LogP contribution in [0.25, 0.3) is 0 Å². The van der Waals surface area contributed by atoms with Crippen molar-refractivity contribution in [3.05, 3.63) is 29.6 Å². The van der Waals surface area contributed by atoms with Gasteiger partial charge in [0.15, 0.2) is 0 Å². The van der Waals surface area contributed by atoms with Gasteiger partial charge in [0.1, 0.15) is 5.69 Å². The molecule has 0 spiro atoms. The molecule has 0 aliphatic carbocycles. The van der Waals surface area contributed by atoms with E-state index >= 15 is 0 Å². The minimum atomic E-state index is -0.0839. The second-order valence-corrected chi connectivity index (χ2v) is 4.16. The summed E-state index contributed by atoms with van der Waals surface area (Å²) in [6.07, 6.45) is 2.66. The van der Waals surface area contributed by atoms with E-state index in [-0.39, 0.29) is 5.91 Å². The summed E-state index contributed by atoms with van der Waals surface area (Å²) >= 11 is 0. The van der Waals surface area contributed by atoms with E-state index in [2.05, 4.69) is 24.1 Å². The fourth-order valence-corrected chi connectivity index (χ4v) is 1.23. The molecule has 0 atom stereocenters. The highest BCUT2D eigenvalue weighted by Gasteiger charge is 2.06. The van der Waals surface area contributed by atoms with Crippen LogP contribution in [0.15, 0.2) is 18.3 Å². The second-order valence-electron chi connectivity index (χ2n) is 4.16. The minimum absolute atomic E-state index is 0.0839. The molecule has 0 unspecified atom stereocenters. The van der Waals surface area contributed by atoms with E-state index in [0.29, 0.717) is 18.2 Å². The minimum Gasteiger partial charge on any atom is -0.351 e. The standard InChI is InChI=1S/C12H18N2O/c1-9(2)4-6-14-12(15)11-8-10(3)5-7-13-11/h5,7-9H,4,6H2,1-3H3,(H,14,15). The van der Waals surface area contributed by atoms with Gasteiger partial charge in [0.25, 0.3) is 5.91 Å². The smallest absolute Gasteiger partial charge is 0.269 e. The zero-order valence-corrected chi connectivity index (χ0v) is 9.58. The third-order valence-corrected chi connectivity index (χ3v) is 2.16. The van der Waals surface area contributed by atoms with Crippen molar-refractivity contribution in [2.75, 3.05) is 6.54 Å². The van der Waals surface area contributed by atoms with Crippen LogP contribution in [-0.4, -0.2) is 17.4 Å². The van der Waals surface area contributed by atoms with Gasteiger partial charge in [-0.2, -0.15) is 0 Å². The summed E-state index contributed by atoms with van der Waals surface area (Å²) in [4.78, 5) is 15.6. The van der Waals surface area contributed by atoms with E-state index in [1.54, 1.807) is 12.3 Å². The monoisotopic (exact) mass is 206 g/mol. The molecule has 0 saturated carbocycles. The maximum absolute atomic E-state index is 11.6. The highest BCUT2D eigenvalue weighted by Crippen LogP contribution is 2.01. The van der Waals surface area contributed by atoms with Gasteiger partial charge in [0.05, 0.1) is 0 Å². The zero-order valence-electron chi connectivity index (χ0n) is 9.58. The van der Waals surface area contributed by atoms with Crippen LogP contribution in [-0.2, 0) is 0 Å². The summed E-state index contributed by atoms with van der Waals surface area (Å²) < 4.78 is 0. The third kappa shape index (κ3) is 4.11. The summed E-state index contributed by atoms with van der Waals surface area (Å²) in [5, 5.41) is 2.86. The lowest BCUT2D eigenvalue weighted by Crippen LogP contribution is -2.26. The van der Waals surface area contributed by atoms with Crippen LogP contribution in [0.1, 0.15) is 36.3 Å². The lowest BCUT2D eigenvalue weighted by atomic mass is 10.1. The molecular weight excluding hydrogens is 188 g/mol. The van der Waals surface area contributed by atoms with Gasteiger partial charge in [-0.1, -0.05) is 13.8 Å². The Morgan fingerprint density at radius 3 is 2.87 bits per heavy atom. The van der Waals surface area contributed by atoms with Crippen LogP contribution in [0.2, 0.25) is 0 Å². The van der Waals surface area contributed by atoms with Crippen molar-refractivity contribution in [2.45, 2.75) is 27.2 Å². The van der Waals surface area contributed by atoms with Gasteiger partial charge in [-0.3, -0.25) is 9.78 Å². The van der Waals surface area contributed by atoms with E-state index in [0.717, 1.165) is 12.0 Å². The Bertz CT molecular complexity index is 334. The number of nitrogens with zero attached hydrogens (tertiary/aromatic N) is 1. The molecule has 1 aromatic heterocycles. The molecule has 15 heavy (non-hydrogen) atoms. The molecule has 1 heterocycles. The maximum atomic E-state index is 11.6. The maximum Gasteiger partial charge on any atom is 0.269 e. The number of hydrogen-bond donors (Lipinski definition) is 1. The summed E-state index contributed by atoms with van der Waals surface area (Å²) in [5.74, 6) is 0.523. The van der Waals surface area contributed by atoms with E-state index in [1.165, 1.54) is 0 Å². The third-order valence-electron chi connectivity index (χ3n) is 2.16. The number of nitrogens with one attached hydrogen (secondary N) is 1. The molecule has 1 N–H and O–H groups in total. The van der Waals surface area contributed by atoms with Gasteiger partial charge in [-0.15, -0.1) is 0 Å². The normalized spacial score (nSPS) is 10.4.